The maximum Gasteiger partial charge on any atom is 0.328 e. The lowest BCUT2D eigenvalue weighted by atomic mass is 10.1. The highest BCUT2D eigenvalue weighted by molar-refractivity contribution is 6.54. The second kappa shape index (κ2) is 6.36. The van der Waals surface area contributed by atoms with Gasteiger partial charge >= 0.3 is 5.97 Å². The van der Waals surface area contributed by atoms with Crippen LogP contribution in [0, 0.1) is 10.1 Å². The van der Waals surface area contributed by atoms with Crippen molar-refractivity contribution in [1.82, 2.24) is 0 Å². The molecule has 1 amide bonds. The van der Waals surface area contributed by atoms with Crippen LogP contribution in [0.3, 0.4) is 0 Å². The van der Waals surface area contributed by atoms with Gasteiger partial charge < -0.3 is 10.4 Å². The summed E-state index contributed by atoms with van der Waals surface area (Å²) in [6.07, 6.45) is 2.40. The fraction of sp³-hybridized carbons (Fsp3) is 0. The molecule has 2 N–H and O–H groups in total. The molecule has 1 aliphatic rings. The van der Waals surface area contributed by atoms with Gasteiger partial charge in [-0.15, -0.1) is 0 Å². The summed E-state index contributed by atoms with van der Waals surface area (Å²) in [5.74, 6) is -1.53. The van der Waals surface area contributed by atoms with Gasteiger partial charge in [-0.1, -0.05) is 12.1 Å². The molecule has 0 aliphatic carbocycles. The van der Waals surface area contributed by atoms with Gasteiger partial charge in [0.1, 0.15) is 5.71 Å². The van der Waals surface area contributed by atoms with Gasteiger partial charge in [-0.25, -0.2) is 9.79 Å². The zero-order valence-electron chi connectivity index (χ0n) is 12.7. The average Bonchev–Trinajstić information content (AvgIpc) is 2.88. The Hall–Kier alpha value is -3.81. The van der Waals surface area contributed by atoms with E-state index in [1.54, 1.807) is 24.3 Å². The van der Waals surface area contributed by atoms with E-state index in [0.717, 1.165) is 6.08 Å². The van der Waals surface area contributed by atoms with Crippen LogP contribution in [0.2, 0.25) is 0 Å². The number of carbonyl (C=O) groups excluding carboxylic acids is 1. The number of hydrogen-bond acceptors (Lipinski definition) is 5. The molecule has 124 valence electrons. The molecule has 0 atom stereocenters. The van der Waals surface area contributed by atoms with E-state index in [4.69, 9.17) is 5.11 Å². The molecule has 3 rings (SSSR count). The number of carboxylic acids is 1. The number of hydrogen-bond donors (Lipinski definition) is 2. The van der Waals surface area contributed by atoms with Crippen LogP contribution in [0.25, 0.3) is 6.08 Å². The van der Waals surface area contributed by atoms with Crippen molar-refractivity contribution in [1.29, 1.82) is 0 Å². The number of amides is 1. The first-order chi connectivity index (χ1) is 11.9. The van der Waals surface area contributed by atoms with E-state index in [-0.39, 0.29) is 11.4 Å². The first kappa shape index (κ1) is 16.1. The lowest BCUT2D eigenvalue weighted by Crippen LogP contribution is -2.13. The summed E-state index contributed by atoms with van der Waals surface area (Å²) in [5.41, 5.74) is 1.76. The van der Waals surface area contributed by atoms with Crippen LogP contribution in [0.15, 0.2) is 53.5 Å². The molecule has 0 saturated carbocycles. The molecular formula is C17H11N3O5. The molecule has 8 nitrogen and oxygen atoms in total. The first-order valence-electron chi connectivity index (χ1n) is 7.14. The monoisotopic (exact) mass is 337 g/mol. The van der Waals surface area contributed by atoms with Gasteiger partial charge in [0.15, 0.2) is 0 Å². The molecule has 2 aromatic rings. The summed E-state index contributed by atoms with van der Waals surface area (Å²) in [6, 6.07) is 10.7. The fourth-order valence-corrected chi connectivity index (χ4v) is 2.36. The molecule has 0 saturated heterocycles. The Morgan fingerprint density at radius 1 is 1.24 bits per heavy atom. The zero-order chi connectivity index (χ0) is 18.0. The maximum atomic E-state index is 12.1. The standard InChI is InChI=1S/C17H11N3O5/c21-15(22)7-4-10-2-1-3-11(8-10)18-16-13-9-12(20(24)25)5-6-14(13)19-17(16)23/h1-9H,(H,21,22)(H,18,19,23)/b7-4+. The smallest absolute Gasteiger partial charge is 0.328 e. The number of anilines is 1. The van der Waals surface area contributed by atoms with E-state index in [9.17, 15) is 19.7 Å². The van der Waals surface area contributed by atoms with E-state index in [1.165, 1.54) is 24.3 Å². The number of nitrogens with zero attached hydrogens (tertiary/aromatic N) is 2. The quantitative estimate of drug-likeness (QED) is 0.504. The molecular weight excluding hydrogens is 326 g/mol. The van der Waals surface area contributed by atoms with Crippen LogP contribution in [0.1, 0.15) is 11.1 Å². The minimum absolute atomic E-state index is 0.0677. The number of fused-ring (bicyclic) bond motifs is 1. The van der Waals surface area contributed by atoms with Gasteiger partial charge in [0.05, 0.1) is 16.3 Å². The van der Waals surface area contributed by atoms with Gasteiger partial charge in [0.25, 0.3) is 11.6 Å². The summed E-state index contributed by atoms with van der Waals surface area (Å²) < 4.78 is 0. The summed E-state index contributed by atoms with van der Waals surface area (Å²) >= 11 is 0. The van der Waals surface area contributed by atoms with Crippen LogP contribution < -0.4 is 5.32 Å². The highest BCUT2D eigenvalue weighted by Crippen LogP contribution is 2.29. The maximum absolute atomic E-state index is 12.1. The average molecular weight is 337 g/mol. The van der Waals surface area contributed by atoms with Crippen LogP contribution in [-0.4, -0.2) is 27.6 Å². The summed E-state index contributed by atoms with van der Waals surface area (Å²) in [5, 5.41) is 22.2. The van der Waals surface area contributed by atoms with Crippen molar-refractivity contribution in [2.24, 2.45) is 4.99 Å². The van der Waals surface area contributed by atoms with Crippen LogP contribution >= 0.6 is 0 Å². The Balaban J connectivity index is 2.01. The van der Waals surface area contributed by atoms with Gasteiger partial charge in [-0.2, -0.15) is 0 Å². The highest BCUT2D eigenvalue weighted by Gasteiger charge is 2.28. The van der Waals surface area contributed by atoms with Crippen molar-refractivity contribution < 1.29 is 19.6 Å². The van der Waals surface area contributed by atoms with Crippen molar-refractivity contribution >= 4 is 40.7 Å². The number of carbonyl (C=O) groups is 2. The number of rotatable bonds is 4. The van der Waals surface area contributed by atoms with E-state index < -0.39 is 16.8 Å². The highest BCUT2D eigenvalue weighted by atomic mass is 16.6. The number of aliphatic carboxylic acids is 1. The van der Waals surface area contributed by atoms with Gasteiger partial charge in [-0.05, 0) is 29.8 Å². The van der Waals surface area contributed by atoms with Gasteiger partial charge in [-0.3, -0.25) is 14.9 Å². The van der Waals surface area contributed by atoms with E-state index in [2.05, 4.69) is 10.3 Å². The van der Waals surface area contributed by atoms with E-state index in [1.807, 2.05) is 0 Å². The second-order valence-corrected chi connectivity index (χ2v) is 5.17. The van der Waals surface area contributed by atoms with Crippen molar-refractivity contribution in [3.05, 3.63) is 69.8 Å². The minimum atomic E-state index is -1.08. The van der Waals surface area contributed by atoms with Crippen LogP contribution in [0.4, 0.5) is 17.1 Å². The van der Waals surface area contributed by atoms with E-state index >= 15 is 0 Å². The van der Waals surface area contributed by atoms with Crippen molar-refractivity contribution in [3.63, 3.8) is 0 Å². The zero-order valence-corrected chi connectivity index (χ0v) is 12.7. The SMILES string of the molecule is O=C(O)/C=C/c1cccc(N=C2C(=O)Nc3ccc([N+](=O)[O-])cc32)c1. The third-order valence-corrected chi connectivity index (χ3v) is 3.46. The molecule has 1 aliphatic heterocycles. The third kappa shape index (κ3) is 3.42. The lowest BCUT2D eigenvalue weighted by molar-refractivity contribution is -0.384. The molecule has 8 heteroatoms. The summed E-state index contributed by atoms with van der Waals surface area (Å²) in [7, 11) is 0. The number of non-ortho nitro benzene ring substituents is 1. The van der Waals surface area contributed by atoms with Gasteiger partial charge in [0.2, 0.25) is 0 Å². The number of benzene rings is 2. The Bertz CT molecular complexity index is 963. The van der Waals surface area contributed by atoms with E-state index in [0.29, 0.717) is 22.5 Å². The van der Waals surface area contributed by atoms with Gasteiger partial charge in [0, 0.05) is 23.8 Å². The van der Waals surface area contributed by atoms with Crippen molar-refractivity contribution in [3.8, 4) is 0 Å². The number of nitro benzene ring substituents is 1. The first-order valence-corrected chi connectivity index (χ1v) is 7.14. The molecule has 0 bridgehead atoms. The Kier molecular flexibility index (Phi) is 4.09. The topological polar surface area (TPSA) is 122 Å². The second-order valence-electron chi connectivity index (χ2n) is 5.17. The molecule has 0 spiro atoms. The van der Waals surface area contributed by atoms with Crippen LogP contribution in [-0.2, 0) is 9.59 Å². The molecule has 2 aromatic carbocycles. The molecule has 0 fully saturated rings. The predicted molar refractivity (Wildman–Crippen MR) is 91.0 cm³/mol. The summed E-state index contributed by atoms with van der Waals surface area (Å²) in [4.78, 5) is 37.3. The fourth-order valence-electron chi connectivity index (χ4n) is 2.36. The number of carboxylic acid groups (broad SMARTS) is 1. The largest absolute Gasteiger partial charge is 0.478 e. The molecule has 0 radical (unpaired) electrons. The summed E-state index contributed by atoms with van der Waals surface area (Å²) in [6.45, 7) is 0. The van der Waals surface area contributed by atoms with Crippen molar-refractivity contribution in [2.75, 3.05) is 5.32 Å². The lowest BCUT2D eigenvalue weighted by Gasteiger charge is -2.00. The molecule has 1 heterocycles. The van der Waals surface area contributed by atoms with Crippen LogP contribution in [0.5, 0.6) is 0 Å². The minimum Gasteiger partial charge on any atom is -0.478 e. The molecule has 0 aromatic heterocycles. The normalized spacial score (nSPS) is 14.6. The third-order valence-electron chi connectivity index (χ3n) is 3.46. The predicted octanol–water partition coefficient (Wildman–Crippen LogP) is 2.77. The Morgan fingerprint density at radius 2 is 2.04 bits per heavy atom. The Morgan fingerprint density at radius 3 is 2.76 bits per heavy atom. The number of aliphatic imine (C=N–C) groups is 1. The number of nitrogens with one attached hydrogen (secondary N) is 1. The van der Waals surface area contributed by atoms with Crippen molar-refractivity contribution in [2.45, 2.75) is 0 Å². The molecule has 25 heavy (non-hydrogen) atoms. The Labute approximate surface area is 141 Å². The number of nitro groups is 1. The molecule has 0 unspecified atom stereocenters.